The number of piperidine rings is 1. The molecule has 2 aliphatic heterocycles. The number of nitrogens with zero attached hydrogens (tertiary/aromatic N) is 4. The Morgan fingerprint density at radius 3 is 2.50 bits per heavy atom. The number of anilines is 4. The summed E-state index contributed by atoms with van der Waals surface area (Å²) in [6.07, 6.45) is 7.20. The standard InChI is InChI=1S/C29H40N6O3/c1-5-23-29(37)34(3)24-12-13-26(32-27(24)35(23)21-8-6-7-9-21)31-22-11-10-19(18-25(22)38-4)28(36)30-20-14-16-33(2)17-15-20/h10-13,18,20-21,23H,5-9,14-17H2,1-4H3,(H,30,36)(H,31,32)/t23-/m1/s1. The molecule has 1 atom stereocenters. The average molecular weight is 521 g/mol. The number of hydrogen-bond donors (Lipinski definition) is 2. The summed E-state index contributed by atoms with van der Waals surface area (Å²) in [5.41, 5.74) is 2.14. The van der Waals surface area contributed by atoms with Crippen molar-refractivity contribution in [3.8, 4) is 5.75 Å². The molecule has 9 nitrogen and oxygen atoms in total. The fraction of sp³-hybridized carbons (Fsp3) is 0.552. The largest absolute Gasteiger partial charge is 0.495 e. The second-order valence-corrected chi connectivity index (χ2v) is 10.8. The lowest BCUT2D eigenvalue weighted by atomic mass is 10.0. The maximum atomic E-state index is 13.2. The first-order chi connectivity index (χ1) is 18.4. The first-order valence-electron chi connectivity index (χ1n) is 13.9. The Kier molecular flexibility index (Phi) is 7.74. The van der Waals surface area contributed by atoms with Gasteiger partial charge in [-0.3, -0.25) is 9.59 Å². The minimum absolute atomic E-state index is 0.0816. The van der Waals surface area contributed by atoms with Gasteiger partial charge in [-0.15, -0.1) is 0 Å². The predicted molar refractivity (Wildman–Crippen MR) is 151 cm³/mol. The number of nitrogens with one attached hydrogen (secondary N) is 2. The van der Waals surface area contributed by atoms with Crippen LogP contribution in [0.15, 0.2) is 30.3 Å². The third-order valence-electron chi connectivity index (χ3n) is 8.30. The van der Waals surface area contributed by atoms with E-state index in [2.05, 4.69) is 34.4 Å². The maximum absolute atomic E-state index is 13.2. The fourth-order valence-corrected chi connectivity index (χ4v) is 6.05. The third-order valence-corrected chi connectivity index (χ3v) is 8.30. The van der Waals surface area contributed by atoms with Gasteiger partial charge in [0.15, 0.2) is 5.82 Å². The van der Waals surface area contributed by atoms with E-state index < -0.39 is 0 Å². The highest BCUT2D eigenvalue weighted by Gasteiger charge is 2.40. The van der Waals surface area contributed by atoms with Crippen molar-refractivity contribution in [3.05, 3.63) is 35.9 Å². The topological polar surface area (TPSA) is 90.0 Å². The third kappa shape index (κ3) is 5.16. The van der Waals surface area contributed by atoms with Gasteiger partial charge < -0.3 is 30.1 Å². The Hall–Kier alpha value is -3.33. The van der Waals surface area contributed by atoms with E-state index in [1.54, 1.807) is 18.1 Å². The number of pyridine rings is 1. The molecule has 9 heteroatoms. The number of amides is 2. The van der Waals surface area contributed by atoms with Crippen LogP contribution in [0.3, 0.4) is 0 Å². The van der Waals surface area contributed by atoms with Crippen molar-refractivity contribution in [1.29, 1.82) is 0 Å². The van der Waals surface area contributed by atoms with Gasteiger partial charge in [-0.1, -0.05) is 19.8 Å². The van der Waals surface area contributed by atoms with Crippen molar-refractivity contribution < 1.29 is 14.3 Å². The highest BCUT2D eigenvalue weighted by molar-refractivity contribution is 6.04. The minimum atomic E-state index is -0.199. The number of ether oxygens (including phenoxy) is 1. The summed E-state index contributed by atoms with van der Waals surface area (Å²) in [5, 5.41) is 6.56. The Bertz CT molecular complexity index is 1170. The molecule has 3 aliphatic rings. The van der Waals surface area contributed by atoms with Crippen LogP contribution in [0.25, 0.3) is 0 Å². The molecule has 1 aromatic heterocycles. The van der Waals surface area contributed by atoms with Gasteiger partial charge in [0.2, 0.25) is 5.91 Å². The van der Waals surface area contributed by atoms with E-state index in [9.17, 15) is 9.59 Å². The molecule has 1 aromatic carbocycles. The molecule has 0 unspecified atom stereocenters. The van der Waals surface area contributed by atoms with Crippen LogP contribution in [-0.2, 0) is 4.79 Å². The first kappa shape index (κ1) is 26.3. The number of aromatic nitrogens is 1. The minimum Gasteiger partial charge on any atom is -0.495 e. The van der Waals surface area contributed by atoms with Gasteiger partial charge in [0.05, 0.1) is 18.5 Å². The molecule has 1 saturated carbocycles. The number of hydrogen-bond acceptors (Lipinski definition) is 7. The fourth-order valence-electron chi connectivity index (χ4n) is 6.05. The SMILES string of the molecule is CC[C@@H]1C(=O)N(C)c2ccc(Nc3ccc(C(=O)NC4CCN(C)CC4)cc3OC)nc2N1C1CCCC1. The number of likely N-dealkylation sites (tertiary alicyclic amines) is 1. The maximum Gasteiger partial charge on any atom is 0.251 e. The molecule has 1 saturated heterocycles. The van der Waals surface area contributed by atoms with Gasteiger partial charge in [-0.05, 0) is 82.6 Å². The number of benzene rings is 1. The van der Waals surface area contributed by atoms with Gasteiger partial charge in [-0.25, -0.2) is 4.98 Å². The molecule has 0 bridgehead atoms. The summed E-state index contributed by atoms with van der Waals surface area (Å²) >= 11 is 0. The number of rotatable bonds is 7. The molecular formula is C29H40N6O3. The van der Waals surface area contributed by atoms with Gasteiger partial charge in [0.1, 0.15) is 17.6 Å². The van der Waals surface area contributed by atoms with Crippen LogP contribution in [0.4, 0.5) is 23.0 Å². The quantitative estimate of drug-likeness (QED) is 0.567. The van der Waals surface area contributed by atoms with Crippen molar-refractivity contribution in [2.75, 3.05) is 49.4 Å². The number of likely N-dealkylation sites (N-methyl/N-ethyl adjacent to an activating group) is 1. The molecule has 2 aromatic rings. The number of carbonyl (C=O) groups is 2. The van der Waals surface area contributed by atoms with Crippen LogP contribution in [0, 0.1) is 0 Å². The predicted octanol–water partition coefficient (Wildman–Crippen LogP) is 4.16. The summed E-state index contributed by atoms with van der Waals surface area (Å²) < 4.78 is 5.65. The van der Waals surface area contributed by atoms with Crippen LogP contribution in [0.2, 0.25) is 0 Å². The lowest BCUT2D eigenvalue weighted by molar-refractivity contribution is -0.120. The van der Waals surface area contributed by atoms with E-state index in [1.165, 1.54) is 12.8 Å². The van der Waals surface area contributed by atoms with E-state index >= 15 is 0 Å². The highest BCUT2D eigenvalue weighted by atomic mass is 16.5. The zero-order valence-electron chi connectivity index (χ0n) is 23.0. The van der Waals surface area contributed by atoms with E-state index in [1.807, 2.05) is 31.3 Å². The van der Waals surface area contributed by atoms with Crippen molar-refractivity contribution >= 4 is 34.8 Å². The Balaban J connectivity index is 1.38. The molecule has 2 fully saturated rings. The van der Waals surface area contributed by atoms with Gasteiger partial charge in [0.25, 0.3) is 5.91 Å². The average Bonchev–Trinajstić information content (AvgIpc) is 3.46. The van der Waals surface area contributed by atoms with Crippen LogP contribution in [0.5, 0.6) is 5.75 Å². The lowest BCUT2D eigenvalue weighted by Crippen LogP contribution is -2.55. The monoisotopic (exact) mass is 520 g/mol. The van der Waals surface area contributed by atoms with E-state index in [0.717, 1.165) is 62.4 Å². The zero-order valence-corrected chi connectivity index (χ0v) is 23.0. The second-order valence-electron chi connectivity index (χ2n) is 10.8. The van der Waals surface area contributed by atoms with Crippen molar-refractivity contribution in [2.24, 2.45) is 0 Å². The van der Waals surface area contributed by atoms with Crippen LogP contribution < -0.4 is 25.2 Å². The molecule has 0 radical (unpaired) electrons. The zero-order chi connectivity index (χ0) is 26.8. The molecule has 0 spiro atoms. The highest BCUT2D eigenvalue weighted by Crippen LogP contribution is 2.41. The smallest absolute Gasteiger partial charge is 0.251 e. The Labute approximate surface area is 225 Å². The van der Waals surface area contributed by atoms with Gasteiger partial charge in [-0.2, -0.15) is 0 Å². The number of carbonyl (C=O) groups excluding carboxylic acids is 2. The second kappa shape index (κ2) is 11.2. The number of fused-ring (bicyclic) bond motifs is 1. The molecule has 204 valence electrons. The summed E-state index contributed by atoms with van der Waals surface area (Å²) in [5.74, 6) is 2.15. The van der Waals surface area contributed by atoms with E-state index in [4.69, 9.17) is 9.72 Å². The Morgan fingerprint density at radius 2 is 1.82 bits per heavy atom. The van der Waals surface area contributed by atoms with Crippen molar-refractivity contribution in [1.82, 2.24) is 15.2 Å². The summed E-state index contributed by atoms with van der Waals surface area (Å²) in [7, 11) is 5.55. The molecule has 2 amide bonds. The van der Waals surface area contributed by atoms with Crippen LogP contribution >= 0.6 is 0 Å². The van der Waals surface area contributed by atoms with Gasteiger partial charge >= 0.3 is 0 Å². The molecule has 2 N–H and O–H groups in total. The van der Waals surface area contributed by atoms with E-state index in [-0.39, 0.29) is 23.9 Å². The summed E-state index contributed by atoms with van der Waals surface area (Å²) in [6, 6.07) is 9.64. The lowest BCUT2D eigenvalue weighted by Gasteiger charge is -2.43. The van der Waals surface area contributed by atoms with Crippen LogP contribution in [-0.4, -0.2) is 74.1 Å². The number of methoxy groups -OCH3 is 1. The van der Waals surface area contributed by atoms with Gasteiger partial charge in [0, 0.05) is 24.7 Å². The molecule has 3 heterocycles. The molecular weight excluding hydrogens is 480 g/mol. The van der Waals surface area contributed by atoms with E-state index in [0.29, 0.717) is 23.2 Å². The molecule has 5 rings (SSSR count). The normalized spacial score (nSPS) is 20.9. The van der Waals surface area contributed by atoms with Crippen molar-refractivity contribution in [3.63, 3.8) is 0 Å². The van der Waals surface area contributed by atoms with Crippen molar-refractivity contribution in [2.45, 2.75) is 70.0 Å². The summed E-state index contributed by atoms with van der Waals surface area (Å²) in [6.45, 7) is 4.05. The van der Waals surface area contributed by atoms with Crippen LogP contribution in [0.1, 0.15) is 62.2 Å². The molecule has 38 heavy (non-hydrogen) atoms. The molecule has 1 aliphatic carbocycles. The Morgan fingerprint density at radius 1 is 1.08 bits per heavy atom. The summed E-state index contributed by atoms with van der Waals surface area (Å²) in [4.78, 5) is 37.4. The first-order valence-corrected chi connectivity index (χ1v) is 13.9.